The van der Waals surface area contributed by atoms with Crippen molar-refractivity contribution >= 4 is 11.6 Å². The highest BCUT2D eigenvalue weighted by molar-refractivity contribution is 6.30. The van der Waals surface area contributed by atoms with Crippen LogP contribution in [0, 0.1) is 0 Å². The van der Waals surface area contributed by atoms with Gasteiger partial charge in [-0.05, 0) is 24.6 Å². The van der Waals surface area contributed by atoms with Crippen molar-refractivity contribution in [2.45, 2.75) is 24.6 Å². The van der Waals surface area contributed by atoms with Gasteiger partial charge in [0.2, 0.25) is 0 Å². The Morgan fingerprint density at radius 3 is 2.56 bits per heavy atom. The molecule has 0 spiro atoms. The molecule has 0 aromatic heterocycles. The fourth-order valence-corrected chi connectivity index (χ4v) is 1.79. The second-order valence-corrected chi connectivity index (χ2v) is 4.45. The van der Waals surface area contributed by atoms with E-state index in [1.54, 1.807) is 31.2 Å². The van der Waals surface area contributed by atoms with Crippen molar-refractivity contribution in [3.63, 3.8) is 0 Å². The highest BCUT2D eigenvalue weighted by Crippen LogP contribution is 2.25. The molecule has 1 aromatic carbocycles. The molecule has 0 saturated carbocycles. The summed E-state index contributed by atoms with van der Waals surface area (Å²) in [7, 11) is 0. The van der Waals surface area contributed by atoms with E-state index in [4.69, 9.17) is 23.1 Å². The van der Waals surface area contributed by atoms with Crippen LogP contribution in [-0.4, -0.2) is 29.0 Å². The molecule has 0 aliphatic heterocycles. The van der Waals surface area contributed by atoms with Gasteiger partial charge < -0.3 is 21.7 Å². The molecule has 3 unspecified atom stereocenters. The van der Waals surface area contributed by atoms with E-state index in [1.807, 2.05) is 0 Å². The molecule has 16 heavy (non-hydrogen) atoms. The lowest BCUT2D eigenvalue weighted by Gasteiger charge is -2.35. The molecule has 0 aliphatic carbocycles. The number of halogens is 1. The Balaban J connectivity index is 3.14. The molecule has 0 fully saturated rings. The van der Waals surface area contributed by atoms with Gasteiger partial charge in [-0.1, -0.05) is 23.7 Å². The van der Waals surface area contributed by atoms with Gasteiger partial charge in [0.25, 0.3) is 0 Å². The zero-order chi connectivity index (χ0) is 12.3. The average Bonchev–Trinajstić information content (AvgIpc) is 2.26. The quantitative estimate of drug-likeness (QED) is 0.609. The molecule has 1 rings (SSSR count). The van der Waals surface area contributed by atoms with Crippen LogP contribution in [0.5, 0.6) is 0 Å². The molecule has 3 atom stereocenters. The molecule has 1 aromatic rings. The van der Waals surface area contributed by atoms with Gasteiger partial charge in [0, 0.05) is 11.1 Å². The summed E-state index contributed by atoms with van der Waals surface area (Å²) in [5.74, 6) is 0. The number of hydrogen-bond acceptors (Lipinski definition) is 4. The zero-order valence-electron chi connectivity index (χ0n) is 9.10. The van der Waals surface area contributed by atoms with Crippen molar-refractivity contribution in [2.24, 2.45) is 11.5 Å². The smallest absolute Gasteiger partial charge is 0.0931 e. The van der Waals surface area contributed by atoms with Crippen molar-refractivity contribution in [1.29, 1.82) is 0 Å². The van der Waals surface area contributed by atoms with Crippen molar-refractivity contribution in [3.05, 3.63) is 34.9 Å². The first kappa shape index (κ1) is 13.4. The van der Waals surface area contributed by atoms with Crippen LogP contribution in [-0.2, 0) is 5.54 Å². The Kier molecular flexibility index (Phi) is 4.29. The Morgan fingerprint density at radius 2 is 2.12 bits per heavy atom. The Hall–Kier alpha value is -0.650. The highest BCUT2D eigenvalue weighted by atomic mass is 35.5. The van der Waals surface area contributed by atoms with Gasteiger partial charge in [0.1, 0.15) is 0 Å². The third kappa shape index (κ3) is 2.53. The first-order valence-electron chi connectivity index (χ1n) is 5.01. The summed E-state index contributed by atoms with van der Waals surface area (Å²) in [6.07, 6.45) is -1.05. The van der Waals surface area contributed by atoms with Gasteiger partial charge in [-0.3, -0.25) is 0 Å². The lowest BCUT2D eigenvalue weighted by atomic mass is 9.83. The summed E-state index contributed by atoms with van der Waals surface area (Å²) in [6, 6.07) is 6.18. The van der Waals surface area contributed by atoms with Crippen molar-refractivity contribution in [2.75, 3.05) is 6.61 Å². The van der Waals surface area contributed by atoms with Crippen LogP contribution in [0.2, 0.25) is 5.02 Å². The maximum atomic E-state index is 9.94. The third-order valence-corrected chi connectivity index (χ3v) is 2.88. The second kappa shape index (κ2) is 5.12. The fraction of sp³-hybridized carbons (Fsp3) is 0.455. The third-order valence-electron chi connectivity index (χ3n) is 2.65. The molecule has 6 N–H and O–H groups in total. The van der Waals surface area contributed by atoms with E-state index in [0.717, 1.165) is 0 Å². The molecule has 0 bridgehead atoms. The minimum absolute atomic E-state index is 0.407. The first-order chi connectivity index (χ1) is 7.41. The van der Waals surface area contributed by atoms with E-state index in [9.17, 15) is 10.2 Å². The fourth-order valence-electron chi connectivity index (χ4n) is 1.60. The lowest BCUT2D eigenvalue weighted by Crippen LogP contribution is -2.57. The molecule has 0 saturated heterocycles. The number of rotatable bonds is 4. The van der Waals surface area contributed by atoms with Crippen molar-refractivity contribution in [3.8, 4) is 0 Å². The van der Waals surface area contributed by atoms with Crippen LogP contribution in [0.1, 0.15) is 12.5 Å². The molecular formula is C11H17ClN2O2. The number of hydrogen-bond donors (Lipinski definition) is 4. The standard InChI is InChI=1S/C11H17ClN2O2/c1-7(13)10(16)11(14,6-15)8-3-2-4-9(12)5-8/h2-5,7,10,15-16H,6,13-14H2,1H3. The van der Waals surface area contributed by atoms with Gasteiger partial charge >= 0.3 is 0 Å². The van der Waals surface area contributed by atoms with Crippen LogP contribution in [0.15, 0.2) is 24.3 Å². The molecular weight excluding hydrogens is 228 g/mol. The van der Waals surface area contributed by atoms with Gasteiger partial charge in [0.05, 0.1) is 18.2 Å². The maximum absolute atomic E-state index is 9.94. The van der Waals surface area contributed by atoms with Crippen LogP contribution in [0.4, 0.5) is 0 Å². The summed E-state index contributed by atoms with van der Waals surface area (Å²) < 4.78 is 0. The maximum Gasteiger partial charge on any atom is 0.0931 e. The average molecular weight is 245 g/mol. The van der Waals surface area contributed by atoms with Crippen LogP contribution < -0.4 is 11.5 Å². The van der Waals surface area contributed by atoms with E-state index in [-0.39, 0.29) is 0 Å². The molecule has 4 nitrogen and oxygen atoms in total. The minimum Gasteiger partial charge on any atom is -0.394 e. The van der Waals surface area contributed by atoms with Gasteiger partial charge in [-0.25, -0.2) is 0 Å². The largest absolute Gasteiger partial charge is 0.394 e. The molecule has 0 amide bonds. The second-order valence-electron chi connectivity index (χ2n) is 4.01. The van der Waals surface area contributed by atoms with Crippen molar-refractivity contribution < 1.29 is 10.2 Å². The highest BCUT2D eigenvalue weighted by Gasteiger charge is 2.37. The topological polar surface area (TPSA) is 92.5 Å². The SMILES string of the molecule is CC(N)C(O)C(N)(CO)c1cccc(Cl)c1. The Bertz CT molecular complexity index is 360. The van der Waals surface area contributed by atoms with Gasteiger partial charge in [0.15, 0.2) is 0 Å². The lowest BCUT2D eigenvalue weighted by molar-refractivity contribution is 0.0270. The number of benzene rings is 1. The number of nitrogens with two attached hydrogens (primary N) is 2. The Morgan fingerprint density at radius 1 is 1.50 bits per heavy atom. The van der Waals surface area contributed by atoms with Crippen LogP contribution in [0.25, 0.3) is 0 Å². The van der Waals surface area contributed by atoms with Gasteiger partial charge in [-0.15, -0.1) is 0 Å². The monoisotopic (exact) mass is 244 g/mol. The van der Waals surface area contributed by atoms with Gasteiger partial charge in [-0.2, -0.15) is 0 Å². The predicted molar refractivity (Wildman–Crippen MR) is 64.1 cm³/mol. The number of aliphatic hydroxyl groups excluding tert-OH is 2. The normalized spacial score (nSPS) is 18.9. The van der Waals surface area contributed by atoms with E-state index < -0.39 is 24.3 Å². The summed E-state index contributed by atoms with van der Waals surface area (Å²) in [5, 5.41) is 19.8. The molecule has 90 valence electrons. The summed E-state index contributed by atoms with van der Waals surface area (Å²) >= 11 is 5.84. The predicted octanol–water partition coefficient (Wildman–Crippen LogP) is 0.194. The van der Waals surface area contributed by atoms with E-state index >= 15 is 0 Å². The van der Waals surface area contributed by atoms with Crippen LogP contribution in [0.3, 0.4) is 0 Å². The molecule has 0 aliphatic rings. The summed E-state index contributed by atoms with van der Waals surface area (Å²) in [5.41, 5.74) is 10.9. The minimum atomic E-state index is -1.29. The molecule has 0 heterocycles. The van der Waals surface area contributed by atoms with E-state index in [1.165, 1.54) is 0 Å². The summed E-state index contributed by atoms with van der Waals surface area (Å²) in [6.45, 7) is 1.22. The number of aliphatic hydroxyl groups is 2. The van der Waals surface area contributed by atoms with E-state index in [0.29, 0.717) is 10.6 Å². The van der Waals surface area contributed by atoms with Crippen molar-refractivity contribution in [1.82, 2.24) is 0 Å². The summed E-state index contributed by atoms with van der Waals surface area (Å²) in [4.78, 5) is 0. The molecule has 0 radical (unpaired) electrons. The first-order valence-corrected chi connectivity index (χ1v) is 5.39. The van der Waals surface area contributed by atoms with Crippen LogP contribution >= 0.6 is 11.6 Å². The van der Waals surface area contributed by atoms with E-state index in [2.05, 4.69) is 0 Å². The zero-order valence-corrected chi connectivity index (χ0v) is 9.85. The Labute approximate surface area is 99.8 Å². The molecule has 5 heteroatoms.